The molecule has 164 valence electrons. The average molecular weight is 435 g/mol. The number of nitrogens with zero attached hydrogens (tertiary/aromatic N) is 1. The van der Waals surface area contributed by atoms with Gasteiger partial charge in [0, 0.05) is 52.3 Å². The highest BCUT2D eigenvalue weighted by Gasteiger charge is 2.36. The van der Waals surface area contributed by atoms with E-state index in [4.69, 9.17) is 24.4 Å². The first-order valence-electron chi connectivity index (χ1n) is 8.71. The number of hydrogen-bond donors (Lipinski definition) is 3. The molecule has 0 radical (unpaired) electrons. The lowest BCUT2D eigenvalue weighted by Gasteiger charge is -2.24. The van der Waals surface area contributed by atoms with Crippen LogP contribution in [0.3, 0.4) is 0 Å². The van der Waals surface area contributed by atoms with E-state index in [1.807, 2.05) is 20.8 Å². The number of hydrogen-bond acceptors (Lipinski definition) is 7. The first-order chi connectivity index (χ1) is 11.8. The highest BCUT2D eigenvalue weighted by molar-refractivity contribution is 5.85. The lowest BCUT2D eigenvalue weighted by Crippen LogP contribution is -2.36. The molecule has 0 spiro atoms. The summed E-state index contributed by atoms with van der Waals surface area (Å²) in [7, 11) is 3.27. The summed E-state index contributed by atoms with van der Waals surface area (Å²) in [5.41, 5.74) is -0.489. The van der Waals surface area contributed by atoms with Gasteiger partial charge in [-0.15, -0.1) is 24.8 Å². The molecule has 27 heavy (non-hydrogen) atoms. The summed E-state index contributed by atoms with van der Waals surface area (Å²) in [5, 5.41) is 21.0. The van der Waals surface area contributed by atoms with E-state index in [1.54, 1.807) is 19.1 Å². The number of nitrogens with one attached hydrogen (secondary N) is 1. The lowest BCUT2D eigenvalue weighted by molar-refractivity contribution is 0.0249. The maximum absolute atomic E-state index is 11.8. The quantitative estimate of drug-likeness (QED) is 0.604. The number of halogens is 2. The average Bonchev–Trinajstić information content (AvgIpc) is 3.19. The molecule has 2 saturated heterocycles. The molecule has 0 aromatic rings. The minimum atomic E-state index is -0.489. The molecule has 0 aliphatic carbocycles. The Kier molecular flexibility index (Phi) is 14.7. The van der Waals surface area contributed by atoms with Crippen LogP contribution in [0.1, 0.15) is 20.8 Å². The van der Waals surface area contributed by atoms with Gasteiger partial charge >= 0.3 is 6.09 Å². The van der Waals surface area contributed by atoms with Gasteiger partial charge in [0.1, 0.15) is 5.60 Å². The Morgan fingerprint density at radius 3 is 1.93 bits per heavy atom. The third kappa shape index (κ3) is 9.60. The van der Waals surface area contributed by atoms with E-state index in [0.29, 0.717) is 19.0 Å². The van der Waals surface area contributed by atoms with E-state index in [2.05, 4.69) is 5.32 Å². The van der Waals surface area contributed by atoms with Crippen LogP contribution < -0.4 is 5.32 Å². The summed E-state index contributed by atoms with van der Waals surface area (Å²) in [6.07, 6.45) is -0.224. The molecule has 1 amide bonds. The molecule has 8 nitrogen and oxygen atoms in total. The Morgan fingerprint density at radius 2 is 1.56 bits per heavy atom. The first-order valence-corrected chi connectivity index (χ1v) is 8.71. The predicted molar refractivity (Wildman–Crippen MR) is 108 cm³/mol. The number of carbonyl (C=O) groups excluding carboxylic acids is 1. The van der Waals surface area contributed by atoms with Gasteiger partial charge in [-0.3, -0.25) is 0 Å². The fourth-order valence-electron chi connectivity index (χ4n) is 2.93. The second-order valence-corrected chi connectivity index (χ2v) is 7.48. The van der Waals surface area contributed by atoms with E-state index in [1.165, 1.54) is 0 Å². The topological polar surface area (TPSA) is 100 Å². The van der Waals surface area contributed by atoms with Crippen LogP contribution in [-0.4, -0.2) is 92.6 Å². The maximum atomic E-state index is 11.8. The molecular formula is C17H36Cl2N2O6. The van der Waals surface area contributed by atoms with Crippen molar-refractivity contribution in [2.75, 3.05) is 53.6 Å². The van der Waals surface area contributed by atoms with Crippen molar-refractivity contribution in [1.29, 1.82) is 0 Å². The Hall–Kier alpha value is -0.350. The Labute approximate surface area is 174 Å². The smallest absolute Gasteiger partial charge is 0.410 e. The number of amides is 1. The van der Waals surface area contributed by atoms with Gasteiger partial charge in [0.05, 0.1) is 25.4 Å². The van der Waals surface area contributed by atoms with E-state index >= 15 is 0 Å². The molecule has 0 bridgehead atoms. The second kappa shape index (κ2) is 13.8. The van der Waals surface area contributed by atoms with E-state index in [9.17, 15) is 4.79 Å². The zero-order valence-corrected chi connectivity index (χ0v) is 18.5. The zero-order chi connectivity index (χ0) is 19.0. The molecule has 0 aromatic carbocycles. The van der Waals surface area contributed by atoms with Crippen molar-refractivity contribution in [3.8, 4) is 0 Å². The van der Waals surface area contributed by atoms with Gasteiger partial charge in [0.15, 0.2) is 0 Å². The maximum Gasteiger partial charge on any atom is 0.410 e. The number of aliphatic hydroxyl groups is 2. The lowest BCUT2D eigenvalue weighted by atomic mass is 10.1. The van der Waals surface area contributed by atoms with Crippen molar-refractivity contribution in [2.24, 2.45) is 11.8 Å². The summed E-state index contributed by atoms with van der Waals surface area (Å²) in [5.74, 6) is 0.285. The summed E-state index contributed by atoms with van der Waals surface area (Å²) < 4.78 is 15.6. The molecule has 2 rings (SSSR count). The van der Waals surface area contributed by atoms with E-state index < -0.39 is 5.60 Å². The van der Waals surface area contributed by atoms with Crippen molar-refractivity contribution in [1.82, 2.24) is 10.2 Å². The normalized spacial score (nSPS) is 27.1. The van der Waals surface area contributed by atoms with Crippen LogP contribution in [0.25, 0.3) is 0 Å². The Balaban J connectivity index is 0. The van der Waals surface area contributed by atoms with Crippen LogP contribution in [0.15, 0.2) is 0 Å². The van der Waals surface area contributed by atoms with Crippen LogP contribution in [0.2, 0.25) is 0 Å². The molecule has 0 unspecified atom stereocenters. The fraction of sp³-hybridized carbons (Fsp3) is 0.941. The van der Waals surface area contributed by atoms with Gasteiger partial charge in [0.2, 0.25) is 0 Å². The standard InChI is InChI=1S/C11H21NO4.C6H13NO2.2ClH/c1-11(2,3)16-10(14)12-5-8(7-13)9(6-12)15-4;1-9-6-3-7-2-5(6)4-8;;/h8-9,13H,5-7H2,1-4H3;5-8H,2-4H2,1H3;2*1H/t8-,9+;5-,6+;;/m00../s1. The van der Waals surface area contributed by atoms with Crippen molar-refractivity contribution < 1.29 is 29.2 Å². The van der Waals surface area contributed by atoms with Gasteiger partial charge in [0.25, 0.3) is 0 Å². The highest BCUT2D eigenvalue weighted by atomic mass is 35.5. The number of likely N-dealkylation sites (tertiary alicyclic amines) is 1. The monoisotopic (exact) mass is 434 g/mol. The summed E-state index contributed by atoms with van der Waals surface area (Å²) in [6.45, 7) is 8.48. The van der Waals surface area contributed by atoms with Gasteiger partial charge in [-0.1, -0.05) is 0 Å². The van der Waals surface area contributed by atoms with Crippen LogP contribution >= 0.6 is 24.8 Å². The molecule has 3 N–H and O–H groups in total. The minimum Gasteiger partial charge on any atom is -0.444 e. The highest BCUT2D eigenvalue weighted by Crippen LogP contribution is 2.21. The molecule has 2 heterocycles. The summed E-state index contributed by atoms with van der Waals surface area (Å²) in [4.78, 5) is 13.3. The van der Waals surface area contributed by atoms with E-state index in [-0.39, 0.29) is 62.2 Å². The Morgan fingerprint density at radius 1 is 1.00 bits per heavy atom. The number of methoxy groups -OCH3 is 2. The molecule has 0 aromatic heterocycles. The largest absolute Gasteiger partial charge is 0.444 e. The van der Waals surface area contributed by atoms with Gasteiger partial charge < -0.3 is 34.6 Å². The molecule has 2 aliphatic heterocycles. The third-order valence-electron chi connectivity index (χ3n) is 4.39. The molecule has 10 heteroatoms. The van der Waals surface area contributed by atoms with Crippen LogP contribution in [0.4, 0.5) is 4.79 Å². The Bertz CT molecular complexity index is 389. The van der Waals surface area contributed by atoms with Crippen LogP contribution in [0.5, 0.6) is 0 Å². The zero-order valence-electron chi connectivity index (χ0n) is 16.8. The molecule has 2 aliphatic rings. The third-order valence-corrected chi connectivity index (χ3v) is 4.39. The number of carbonyl (C=O) groups is 1. The predicted octanol–water partition coefficient (Wildman–Crippen LogP) is 0.917. The number of aliphatic hydroxyl groups excluding tert-OH is 2. The summed E-state index contributed by atoms with van der Waals surface area (Å²) >= 11 is 0. The molecule has 0 saturated carbocycles. The number of ether oxygens (including phenoxy) is 3. The van der Waals surface area contributed by atoms with E-state index in [0.717, 1.165) is 13.1 Å². The first kappa shape index (κ1) is 28.9. The molecule has 4 atom stereocenters. The molecular weight excluding hydrogens is 399 g/mol. The van der Waals surface area contributed by atoms with Crippen LogP contribution in [0, 0.1) is 11.8 Å². The van der Waals surface area contributed by atoms with Crippen molar-refractivity contribution in [2.45, 2.75) is 38.6 Å². The molecule has 2 fully saturated rings. The van der Waals surface area contributed by atoms with Gasteiger partial charge in [-0.05, 0) is 20.8 Å². The van der Waals surface area contributed by atoms with Crippen molar-refractivity contribution in [3.63, 3.8) is 0 Å². The van der Waals surface area contributed by atoms with Crippen molar-refractivity contribution in [3.05, 3.63) is 0 Å². The SMILES string of the molecule is CO[C@@H]1CN(C(=O)OC(C)(C)C)C[C@H]1CO.CO[C@@H]1CNC[C@H]1CO.Cl.Cl. The summed E-state index contributed by atoms with van der Waals surface area (Å²) in [6, 6.07) is 0. The van der Waals surface area contributed by atoms with Gasteiger partial charge in [-0.2, -0.15) is 0 Å². The minimum absolute atomic E-state index is 0. The van der Waals surface area contributed by atoms with Crippen molar-refractivity contribution >= 4 is 30.9 Å². The van der Waals surface area contributed by atoms with Crippen LogP contribution in [-0.2, 0) is 14.2 Å². The fourth-order valence-corrected chi connectivity index (χ4v) is 2.93. The second-order valence-electron chi connectivity index (χ2n) is 7.48. The number of rotatable bonds is 4. The van der Waals surface area contributed by atoms with Gasteiger partial charge in [-0.25, -0.2) is 4.79 Å².